The first-order chi connectivity index (χ1) is 8.70. The summed E-state index contributed by atoms with van der Waals surface area (Å²) in [7, 11) is 1.71. The molecule has 3 N–H and O–H groups in total. The summed E-state index contributed by atoms with van der Waals surface area (Å²) in [5.41, 5.74) is 7.73. The number of nitrogens with zero attached hydrogens (tertiary/aromatic N) is 1. The quantitative estimate of drug-likeness (QED) is 0.781. The van der Waals surface area contributed by atoms with Crippen LogP contribution in [0.5, 0.6) is 0 Å². The number of likely N-dealkylation sites (N-methyl/N-ethyl adjacent to an activating group) is 1. The second-order valence-corrected chi connectivity index (χ2v) is 4.80. The average Bonchev–Trinajstić information content (AvgIpc) is 2.85. The van der Waals surface area contributed by atoms with E-state index in [0.29, 0.717) is 0 Å². The molecule has 1 atom stereocenters. The fourth-order valence-corrected chi connectivity index (χ4v) is 2.51. The topological polar surface area (TPSA) is 58.4 Å². The standard InChI is InChI=1S/C14H21N3O/c1-16-14(18)13-3-2-9-17(13)10-8-11-4-6-12(15)7-5-11/h4-7,13H,2-3,8-10,15H2,1H3,(H,16,18). The molecule has 1 amide bonds. The van der Waals surface area contributed by atoms with Gasteiger partial charge in [-0.1, -0.05) is 12.1 Å². The fourth-order valence-electron chi connectivity index (χ4n) is 2.51. The minimum atomic E-state index is 0.0591. The summed E-state index contributed by atoms with van der Waals surface area (Å²) in [6.07, 6.45) is 3.05. The van der Waals surface area contributed by atoms with Gasteiger partial charge in [0.25, 0.3) is 0 Å². The highest BCUT2D eigenvalue weighted by Crippen LogP contribution is 2.18. The summed E-state index contributed by atoms with van der Waals surface area (Å²) < 4.78 is 0. The van der Waals surface area contributed by atoms with Gasteiger partial charge in [-0.05, 0) is 43.5 Å². The summed E-state index contributed by atoms with van der Waals surface area (Å²) >= 11 is 0. The van der Waals surface area contributed by atoms with Crippen LogP contribution in [0, 0.1) is 0 Å². The highest BCUT2D eigenvalue weighted by atomic mass is 16.2. The van der Waals surface area contributed by atoms with Crippen molar-refractivity contribution in [1.29, 1.82) is 0 Å². The van der Waals surface area contributed by atoms with Crippen molar-refractivity contribution in [3.8, 4) is 0 Å². The lowest BCUT2D eigenvalue weighted by atomic mass is 10.1. The lowest BCUT2D eigenvalue weighted by molar-refractivity contribution is -0.124. The van der Waals surface area contributed by atoms with Crippen molar-refractivity contribution >= 4 is 11.6 Å². The van der Waals surface area contributed by atoms with Gasteiger partial charge in [-0.15, -0.1) is 0 Å². The van der Waals surface area contributed by atoms with Gasteiger partial charge in [0.15, 0.2) is 0 Å². The van der Waals surface area contributed by atoms with E-state index in [1.54, 1.807) is 7.05 Å². The molecule has 4 heteroatoms. The van der Waals surface area contributed by atoms with E-state index < -0.39 is 0 Å². The van der Waals surface area contributed by atoms with Gasteiger partial charge < -0.3 is 11.1 Å². The van der Waals surface area contributed by atoms with Crippen molar-refractivity contribution in [1.82, 2.24) is 10.2 Å². The van der Waals surface area contributed by atoms with Crippen LogP contribution in [0.4, 0.5) is 5.69 Å². The summed E-state index contributed by atoms with van der Waals surface area (Å²) in [4.78, 5) is 14.0. The normalized spacial score (nSPS) is 19.9. The number of amides is 1. The minimum absolute atomic E-state index is 0.0591. The first-order valence-corrected chi connectivity index (χ1v) is 6.51. The van der Waals surface area contributed by atoms with Gasteiger partial charge in [-0.25, -0.2) is 0 Å². The molecule has 0 aromatic heterocycles. The molecule has 1 unspecified atom stereocenters. The zero-order chi connectivity index (χ0) is 13.0. The van der Waals surface area contributed by atoms with Crippen molar-refractivity contribution in [2.75, 3.05) is 25.9 Å². The van der Waals surface area contributed by atoms with Gasteiger partial charge in [-0.2, -0.15) is 0 Å². The molecular weight excluding hydrogens is 226 g/mol. The number of carbonyl (C=O) groups excluding carboxylic acids is 1. The lowest BCUT2D eigenvalue weighted by Crippen LogP contribution is -2.42. The monoisotopic (exact) mass is 247 g/mol. The number of hydrogen-bond acceptors (Lipinski definition) is 3. The SMILES string of the molecule is CNC(=O)C1CCCN1CCc1ccc(N)cc1. The highest BCUT2D eigenvalue weighted by molar-refractivity contribution is 5.81. The van der Waals surface area contributed by atoms with Crippen LogP contribution in [-0.2, 0) is 11.2 Å². The van der Waals surface area contributed by atoms with E-state index in [-0.39, 0.29) is 11.9 Å². The van der Waals surface area contributed by atoms with Crippen LogP contribution < -0.4 is 11.1 Å². The molecule has 18 heavy (non-hydrogen) atoms. The lowest BCUT2D eigenvalue weighted by Gasteiger charge is -2.22. The summed E-state index contributed by atoms with van der Waals surface area (Å²) in [6.45, 7) is 1.95. The molecule has 0 aliphatic carbocycles. The number of likely N-dealkylation sites (tertiary alicyclic amines) is 1. The van der Waals surface area contributed by atoms with E-state index in [1.807, 2.05) is 12.1 Å². The number of hydrogen-bond donors (Lipinski definition) is 2. The van der Waals surface area contributed by atoms with Crippen LogP contribution >= 0.6 is 0 Å². The molecule has 4 nitrogen and oxygen atoms in total. The van der Waals surface area contributed by atoms with Crippen LogP contribution in [0.15, 0.2) is 24.3 Å². The minimum Gasteiger partial charge on any atom is -0.399 e. The predicted molar refractivity (Wildman–Crippen MR) is 73.2 cm³/mol. The molecule has 1 fully saturated rings. The summed E-state index contributed by atoms with van der Waals surface area (Å²) in [5.74, 6) is 0.143. The number of nitrogens with one attached hydrogen (secondary N) is 1. The Bertz CT molecular complexity index is 402. The van der Waals surface area contributed by atoms with Gasteiger partial charge in [0.05, 0.1) is 6.04 Å². The fraction of sp³-hybridized carbons (Fsp3) is 0.500. The zero-order valence-electron chi connectivity index (χ0n) is 10.9. The smallest absolute Gasteiger partial charge is 0.237 e. The number of anilines is 1. The molecule has 0 saturated carbocycles. The average molecular weight is 247 g/mol. The summed E-state index contributed by atoms with van der Waals surface area (Å²) in [6, 6.07) is 8.02. The molecule has 98 valence electrons. The third-order valence-electron chi connectivity index (χ3n) is 3.58. The third-order valence-corrected chi connectivity index (χ3v) is 3.58. The van der Waals surface area contributed by atoms with Crippen molar-refractivity contribution in [2.24, 2.45) is 0 Å². The number of nitrogen functional groups attached to an aromatic ring is 1. The molecular formula is C14H21N3O. The van der Waals surface area contributed by atoms with Crippen molar-refractivity contribution < 1.29 is 4.79 Å². The van der Waals surface area contributed by atoms with Crippen molar-refractivity contribution in [2.45, 2.75) is 25.3 Å². The van der Waals surface area contributed by atoms with Crippen LogP contribution in [0.25, 0.3) is 0 Å². The molecule has 0 spiro atoms. The van der Waals surface area contributed by atoms with Gasteiger partial charge >= 0.3 is 0 Å². The van der Waals surface area contributed by atoms with Crippen molar-refractivity contribution in [3.05, 3.63) is 29.8 Å². The Morgan fingerprint density at radius 1 is 1.44 bits per heavy atom. The second kappa shape index (κ2) is 5.87. The van der Waals surface area contributed by atoms with Crippen LogP contribution in [0.2, 0.25) is 0 Å². The first kappa shape index (κ1) is 12.9. The van der Waals surface area contributed by atoms with E-state index in [4.69, 9.17) is 5.73 Å². The van der Waals surface area contributed by atoms with Gasteiger partial charge in [0, 0.05) is 19.3 Å². The molecule has 0 radical (unpaired) electrons. The molecule has 1 aromatic carbocycles. The Balaban J connectivity index is 1.89. The maximum atomic E-state index is 11.7. The third kappa shape index (κ3) is 3.01. The van der Waals surface area contributed by atoms with Gasteiger partial charge in [0.2, 0.25) is 5.91 Å². The maximum Gasteiger partial charge on any atom is 0.237 e. The van der Waals surface area contributed by atoms with Crippen LogP contribution in [0.3, 0.4) is 0 Å². The molecule has 1 aliphatic heterocycles. The highest BCUT2D eigenvalue weighted by Gasteiger charge is 2.29. The van der Waals surface area contributed by atoms with E-state index in [9.17, 15) is 4.79 Å². The number of rotatable bonds is 4. The molecule has 1 heterocycles. The van der Waals surface area contributed by atoms with Gasteiger partial charge in [-0.3, -0.25) is 9.69 Å². The Morgan fingerprint density at radius 3 is 2.83 bits per heavy atom. The predicted octanol–water partition coefficient (Wildman–Crippen LogP) is 1.02. The largest absolute Gasteiger partial charge is 0.399 e. The molecule has 2 rings (SSSR count). The van der Waals surface area contributed by atoms with E-state index >= 15 is 0 Å². The summed E-state index contributed by atoms with van der Waals surface area (Å²) in [5, 5.41) is 2.75. The van der Waals surface area contributed by atoms with Crippen LogP contribution in [0.1, 0.15) is 18.4 Å². The van der Waals surface area contributed by atoms with E-state index in [1.165, 1.54) is 5.56 Å². The molecule has 0 bridgehead atoms. The Labute approximate surface area is 108 Å². The number of benzene rings is 1. The Morgan fingerprint density at radius 2 is 2.17 bits per heavy atom. The van der Waals surface area contributed by atoms with E-state index in [2.05, 4.69) is 22.3 Å². The zero-order valence-corrected chi connectivity index (χ0v) is 10.9. The van der Waals surface area contributed by atoms with Crippen LogP contribution in [-0.4, -0.2) is 37.0 Å². The maximum absolute atomic E-state index is 11.7. The second-order valence-electron chi connectivity index (χ2n) is 4.80. The Kier molecular flexibility index (Phi) is 4.20. The number of carbonyl (C=O) groups is 1. The molecule has 1 aliphatic rings. The van der Waals surface area contributed by atoms with Gasteiger partial charge in [0.1, 0.15) is 0 Å². The first-order valence-electron chi connectivity index (χ1n) is 6.51. The molecule has 1 aromatic rings. The Hall–Kier alpha value is -1.55. The number of nitrogens with two attached hydrogens (primary N) is 1. The molecule has 1 saturated heterocycles. The van der Waals surface area contributed by atoms with Crippen molar-refractivity contribution in [3.63, 3.8) is 0 Å². The van der Waals surface area contributed by atoms with E-state index in [0.717, 1.165) is 38.0 Å².